The van der Waals surface area contributed by atoms with Gasteiger partial charge >= 0.3 is 0 Å². The summed E-state index contributed by atoms with van der Waals surface area (Å²) in [4.78, 5) is 9.81. The van der Waals surface area contributed by atoms with Crippen LogP contribution < -0.4 is 4.74 Å². The van der Waals surface area contributed by atoms with Crippen molar-refractivity contribution < 1.29 is 4.74 Å². The second kappa shape index (κ2) is 4.63. The van der Waals surface area contributed by atoms with Gasteiger partial charge in [-0.05, 0) is 48.6 Å². The number of methoxy groups -OCH3 is 1. The van der Waals surface area contributed by atoms with Crippen LogP contribution in [0.15, 0.2) is 29.9 Å². The van der Waals surface area contributed by atoms with Crippen molar-refractivity contribution >= 4 is 21.6 Å². The van der Waals surface area contributed by atoms with Crippen LogP contribution in [0.25, 0.3) is 21.5 Å². The summed E-state index contributed by atoms with van der Waals surface area (Å²) < 4.78 is 5.31. The van der Waals surface area contributed by atoms with Crippen LogP contribution >= 0.6 is 11.3 Å². The van der Waals surface area contributed by atoms with Gasteiger partial charge in [-0.1, -0.05) is 0 Å². The average Bonchev–Trinajstić information content (AvgIpc) is 2.86. The number of aryl methyl sites for hydroxylation is 2. The third kappa shape index (κ3) is 1.98. The monoisotopic (exact) mass is 270 g/mol. The number of hydrogen-bond donors (Lipinski definition) is 0. The first-order valence-corrected chi connectivity index (χ1v) is 6.92. The minimum Gasteiger partial charge on any atom is -0.497 e. The molecule has 0 fully saturated rings. The summed E-state index contributed by atoms with van der Waals surface area (Å²) in [7, 11) is 1.69. The maximum Gasteiger partial charge on any atom is 0.127 e. The van der Waals surface area contributed by atoms with Crippen LogP contribution in [-0.2, 0) is 0 Å². The lowest BCUT2D eigenvalue weighted by atomic mass is 9.98. The molecule has 0 saturated heterocycles. The summed E-state index contributed by atoms with van der Waals surface area (Å²) in [6.07, 6.45) is 1.64. The van der Waals surface area contributed by atoms with E-state index in [4.69, 9.17) is 4.74 Å². The number of fused-ring (bicyclic) bond motifs is 1. The zero-order chi connectivity index (χ0) is 13.4. The fourth-order valence-electron chi connectivity index (χ4n) is 2.40. The highest BCUT2D eigenvalue weighted by Crippen LogP contribution is 2.34. The quantitative estimate of drug-likeness (QED) is 0.706. The number of ether oxygens (including phenoxy) is 1. The third-order valence-corrected chi connectivity index (χ3v) is 4.06. The minimum absolute atomic E-state index is 0.884. The fraction of sp³-hybridized carbons (Fsp3) is 0.200. The van der Waals surface area contributed by atoms with Crippen molar-refractivity contribution in [1.29, 1.82) is 0 Å². The van der Waals surface area contributed by atoms with Gasteiger partial charge in [-0.2, -0.15) is 0 Å². The topological polar surface area (TPSA) is 35.0 Å². The molecule has 0 amide bonds. The molecule has 3 aromatic rings. The fourth-order valence-corrected chi connectivity index (χ4v) is 3.14. The van der Waals surface area contributed by atoms with Gasteiger partial charge in [0.1, 0.15) is 16.9 Å². The first-order valence-electron chi connectivity index (χ1n) is 6.04. The first kappa shape index (κ1) is 12.1. The number of nitrogens with zero attached hydrogens (tertiary/aromatic N) is 2. The molecule has 0 aliphatic carbocycles. The molecule has 2 heterocycles. The lowest BCUT2D eigenvalue weighted by molar-refractivity contribution is 0.414. The Morgan fingerprint density at radius 1 is 1.11 bits per heavy atom. The molecule has 0 N–H and O–H groups in total. The van der Waals surface area contributed by atoms with Gasteiger partial charge in [0, 0.05) is 10.9 Å². The summed E-state index contributed by atoms with van der Waals surface area (Å²) in [5, 5.41) is 3.17. The molecule has 0 bridgehead atoms. The summed E-state index contributed by atoms with van der Waals surface area (Å²) in [5.74, 6) is 0.884. The molecule has 0 aliphatic heterocycles. The second-order valence-electron chi connectivity index (χ2n) is 4.50. The SMILES string of the molecule is COc1cc(C)c(-c2ncnc3sccc23)c(C)c1. The van der Waals surface area contributed by atoms with E-state index in [0.717, 1.165) is 21.7 Å². The third-order valence-electron chi connectivity index (χ3n) is 3.24. The smallest absolute Gasteiger partial charge is 0.127 e. The zero-order valence-corrected chi connectivity index (χ0v) is 11.9. The van der Waals surface area contributed by atoms with Crippen molar-refractivity contribution in [2.24, 2.45) is 0 Å². The molecule has 3 rings (SSSR count). The van der Waals surface area contributed by atoms with Crippen LogP contribution in [0, 0.1) is 13.8 Å². The molecule has 0 atom stereocenters. The van der Waals surface area contributed by atoms with Crippen molar-refractivity contribution in [3.8, 4) is 17.0 Å². The van der Waals surface area contributed by atoms with Gasteiger partial charge in [0.15, 0.2) is 0 Å². The van der Waals surface area contributed by atoms with E-state index in [-0.39, 0.29) is 0 Å². The number of aromatic nitrogens is 2. The van der Waals surface area contributed by atoms with Crippen LogP contribution in [0.5, 0.6) is 5.75 Å². The molecule has 0 saturated carbocycles. The Labute approximate surface area is 115 Å². The number of benzene rings is 1. The van der Waals surface area contributed by atoms with Crippen molar-refractivity contribution in [3.05, 3.63) is 41.0 Å². The predicted octanol–water partition coefficient (Wildman–Crippen LogP) is 3.98. The summed E-state index contributed by atoms with van der Waals surface area (Å²) >= 11 is 1.64. The van der Waals surface area contributed by atoms with Gasteiger partial charge in [-0.25, -0.2) is 9.97 Å². The highest BCUT2D eigenvalue weighted by Gasteiger charge is 2.13. The molecular weight excluding hydrogens is 256 g/mol. The first-order chi connectivity index (χ1) is 9.20. The molecule has 4 heteroatoms. The van der Waals surface area contributed by atoms with Crippen molar-refractivity contribution in [1.82, 2.24) is 9.97 Å². The Morgan fingerprint density at radius 2 is 1.84 bits per heavy atom. The lowest BCUT2D eigenvalue weighted by Crippen LogP contribution is -1.94. The molecular formula is C15H14N2OS. The van der Waals surface area contributed by atoms with Gasteiger partial charge in [0.25, 0.3) is 0 Å². The van der Waals surface area contributed by atoms with E-state index < -0.39 is 0 Å². The standard InChI is InChI=1S/C15H14N2OS/c1-9-6-11(18-3)7-10(2)13(9)14-12-4-5-19-15(12)17-8-16-14/h4-8H,1-3H3. The normalized spacial score (nSPS) is 10.9. The Hall–Kier alpha value is -1.94. The van der Waals surface area contributed by atoms with Crippen LogP contribution in [-0.4, -0.2) is 17.1 Å². The van der Waals surface area contributed by atoms with Gasteiger partial charge < -0.3 is 4.74 Å². The number of rotatable bonds is 2. The van der Waals surface area contributed by atoms with E-state index in [9.17, 15) is 0 Å². The molecule has 2 aromatic heterocycles. The molecule has 0 aliphatic rings. The molecule has 0 spiro atoms. The zero-order valence-electron chi connectivity index (χ0n) is 11.1. The number of hydrogen-bond acceptors (Lipinski definition) is 4. The van der Waals surface area contributed by atoms with Crippen molar-refractivity contribution in [2.75, 3.05) is 7.11 Å². The minimum atomic E-state index is 0.884. The van der Waals surface area contributed by atoms with Crippen LogP contribution in [0.3, 0.4) is 0 Å². The van der Waals surface area contributed by atoms with Gasteiger partial charge in [0.05, 0.1) is 12.8 Å². The van der Waals surface area contributed by atoms with Gasteiger partial charge in [-0.15, -0.1) is 11.3 Å². The van der Waals surface area contributed by atoms with E-state index in [0.29, 0.717) is 0 Å². The molecule has 96 valence electrons. The van der Waals surface area contributed by atoms with E-state index in [1.165, 1.54) is 16.7 Å². The lowest BCUT2D eigenvalue weighted by Gasteiger charge is -2.12. The van der Waals surface area contributed by atoms with Gasteiger partial charge in [-0.3, -0.25) is 0 Å². The maximum absolute atomic E-state index is 5.31. The van der Waals surface area contributed by atoms with Crippen LogP contribution in [0.1, 0.15) is 11.1 Å². The molecule has 0 unspecified atom stereocenters. The van der Waals surface area contributed by atoms with Crippen LogP contribution in [0.2, 0.25) is 0 Å². The highest BCUT2D eigenvalue weighted by molar-refractivity contribution is 7.16. The average molecular weight is 270 g/mol. The summed E-state index contributed by atoms with van der Waals surface area (Å²) in [6.45, 7) is 4.18. The second-order valence-corrected chi connectivity index (χ2v) is 5.39. The highest BCUT2D eigenvalue weighted by atomic mass is 32.1. The molecule has 19 heavy (non-hydrogen) atoms. The van der Waals surface area contributed by atoms with E-state index in [1.54, 1.807) is 24.8 Å². The Bertz CT molecular complexity index is 726. The molecule has 0 radical (unpaired) electrons. The maximum atomic E-state index is 5.31. The predicted molar refractivity (Wildman–Crippen MR) is 78.9 cm³/mol. The van der Waals surface area contributed by atoms with E-state index in [2.05, 4.69) is 35.3 Å². The van der Waals surface area contributed by atoms with Gasteiger partial charge in [0.2, 0.25) is 0 Å². The Morgan fingerprint density at radius 3 is 2.53 bits per heavy atom. The molecule has 3 nitrogen and oxygen atoms in total. The largest absolute Gasteiger partial charge is 0.497 e. The van der Waals surface area contributed by atoms with Crippen LogP contribution in [0.4, 0.5) is 0 Å². The van der Waals surface area contributed by atoms with E-state index in [1.807, 2.05) is 12.1 Å². The number of thiophene rings is 1. The Balaban J connectivity index is 2.30. The summed E-state index contributed by atoms with van der Waals surface area (Å²) in [5.41, 5.74) is 4.52. The summed E-state index contributed by atoms with van der Waals surface area (Å²) in [6, 6.07) is 6.17. The van der Waals surface area contributed by atoms with E-state index >= 15 is 0 Å². The van der Waals surface area contributed by atoms with Crippen molar-refractivity contribution in [3.63, 3.8) is 0 Å². The Kier molecular flexibility index (Phi) is 2.95. The van der Waals surface area contributed by atoms with Crippen molar-refractivity contribution in [2.45, 2.75) is 13.8 Å². The molecule has 1 aromatic carbocycles.